The van der Waals surface area contributed by atoms with Crippen molar-refractivity contribution in [1.29, 1.82) is 0 Å². The predicted octanol–water partition coefficient (Wildman–Crippen LogP) is 3.73. The molecule has 0 spiro atoms. The van der Waals surface area contributed by atoms with Crippen molar-refractivity contribution in [3.63, 3.8) is 0 Å². The molecule has 0 heterocycles. The summed E-state index contributed by atoms with van der Waals surface area (Å²) in [6, 6.07) is 10.1. The van der Waals surface area contributed by atoms with Crippen molar-refractivity contribution in [2.75, 3.05) is 19.7 Å². The van der Waals surface area contributed by atoms with Crippen LogP contribution >= 0.6 is 0 Å². The Morgan fingerprint density at radius 1 is 1.17 bits per heavy atom. The molecule has 1 unspecified atom stereocenters. The fourth-order valence-corrected chi connectivity index (χ4v) is 2.05. The topological polar surface area (TPSA) is 21.3 Å². The lowest BCUT2D eigenvalue weighted by molar-refractivity contribution is 0.268. The molecule has 1 aromatic carbocycles. The summed E-state index contributed by atoms with van der Waals surface area (Å²) in [5.41, 5.74) is 0. The molecule has 1 aromatic rings. The van der Waals surface area contributed by atoms with Crippen LogP contribution in [-0.2, 0) is 0 Å². The van der Waals surface area contributed by atoms with E-state index in [1.54, 1.807) is 0 Å². The van der Waals surface area contributed by atoms with Gasteiger partial charge in [0.2, 0.25) is 0 Å². The lowest BCUT2D eigenvalue weighted by Gasteiger charge is -2.21. The van der Waals surface area contributed by atoms with E-state index in [9.17, 15) is 0 Å². The van der Waals surface area contributed by atoms with Crippen LogP contribution in [-0.4, -0.2) is 19.7 Å². The molecule has 1 N–H and O–H groups in total. The van der Waals surface area contributed by atoms with Crippen molar-refractivity contribution >= 4 is 0 Å². The molecule has 0 aliphatic heterocycles. The Morgan fingerprint density at radius 2 is 1.89 bits per heavy atom. The van der Waals surface area contributed by atoms with Crippen LogP contribution in [0.25, 0.3) is 0 Å². The van der Waals surface area contributed by atoms with E-state index in [1.807, 2.05) is 30.3 Å². The second-order valence-electron chi connectivity index (χ2n) is 5.12. The number of nitrogens with one attached hydrogen (secondary N) is 1. The Labute approximate surface area is 112 Å². The molecular formula is C16H27NO. The van der Waals surface area contributed by atoms with Gasteiger partial charge >= 0.3 is 0 Å². The third-order valence-electron chi connectivity index (χ3n) is 3.33. The zero-order chi connectivity index (χ0) is 13.2. The van der Waals surface area contributed by atoms with Gasteiger partial charge in [-0.05, 0) is 49.9 Å². The van der Waals surface area contributed by atoms with E-state index in [4.69, 9.17) is 4.74 Å². The summed E-state index contributed by atoms with van der Waals surface area (Å²) < 4.78 is 5.72. The van der Waals surface area contributed by atoms with E-state index < -0.39 is 0 Å². The molecule has 2 heteroatoms. The molecule has 2 nitrogen and oxygen atoms in total. The van der Waals surface area contributed by atoms with Gasteiger partial charge in [0, 0.05) is 0 Å². The SMILES string of the molecule is CCNCC(CCCOc1ccccc1)C(C)C. The van der Waals surface area contributed by atoms with Crippen molar-refractivity contribution in [3.05, 3.63) is 30.3 Å². The molecule has 18 heavy (non-hydrogen) atoms. The number of benzene rings is 1. The Morgan fingerprint density at radius 3 is 2.50 bits per heavy atom. The number of para-hydroxylation sites is 1. The summed E-state index contributed by atoms with van der Waals surface area (Å²) in [5, 5.41) is 3.45. The first-order chi connectivity index (χ1) is 8.74. The van der Waals surface area contributed by atoms with E-state index in [1.165, 1.54) is 6.42 Å². The van der Waals surface area contributed by atoms with Crippen LogP contribution in [0.3, 0.4) is 0 Å². The second kappa shape index (κ2) is 8.98. The van der Waals surface area contributed by atoms with E-state index in [0.717, 1.165) is 43.7 Å². The van der Waals surface area contributed by atoms with Gasteiger partial charge in [0.25, 0.3) is 0 Å². The Hall–Kier alpha value is -1.02. The van der Waals surface area contributed by atoms with Gasteiger partial charge < -0.3 is 10.1 Å². The molecular weight excluding hydrogens is 222 g/mol. The minimum atomic E-state index is 0.737. The Kier molecular flexibility index (Phi) is 7.51. The van der Waals surface area contributed by atoms with Gasteiger partial charge in [-0.2, -0.15) is 0 Å². The number of ether oxygens (including phenoxy) is 1. The van der Waals surface area contributed by atoms with Crippen LogP contribution in [0.5, 0.6) is 5.75 Å². The Balaban J connectivity index is 2.18. The average molecular weight is 249 g/mol. The highest BCUT2D eigenvalue weighted by molar-refractivity contribution is 5.20. The summed E-state index contributed by atoms with van der Waals surface area (Å²) in [7, 11) is 0. The number of hydrogen-bond acceptors (Lipinski definition) is 2. The average Bonchev–Trinajstić information content (AvgIpc) is 2.38. The predicted molar refractivity (Wildman–Crippen MR) is 78.0 cm³/mol. The number of rotatable bonds is 9. The summed E-state index contributed by atoms with van der Waals surface area (Å²) in [6.07, 6.45) is 2.36. The molecule has 0 saturated carbocycles. The Bertz CT molecular complexity index is 297. The molecule has 102 valence electrons. The van der Waals surface area contributed by atoms with E-state index in [-0.39, 0.29) is 0 Å². The molecule has 0 fully saturated rings. The minimum Gasteiger partial charge on any atom is -0.494 e. The lowest BCUT2D eigenvalue weighted by atomic mass is 9.91. The first kappa shape index (κ1) is 15.0. The van der Waals surface area contributed by atoms with Crippen molar-refractivity contribution in [1.82, 2.24) is 5.32 Å². The molecule has 0 amide bonds. The van der Waals surface area contributed by atoms with Crippen molar-refractivity contribution < 1.29 is 4.74 Å². The fourth-order valence-electron chi connectivity index (χ4n) is 2.05. The summed E-state index contributed by atoms with van der Waals surface area (Å²) in [5.74, 6) is 2.47. The normalized spacial score (nSPS) is 12.7. The van der Waals surface area contributed by atoms with Crippen molar-refractivity contribution in [2.45, 2.75) is 33.6 Å². The summed E-state index contributed by atoms with van der Waals surface area (Å²) in [4.78, 5) is 0. The molecule has 1 rings (SSSR count). The fraction of sp³-hybridized carbons (Fsp3) is 0.625. The third kappa shape index (κ3) is 6.06. The first-order valence-electron chi connectivity index (χ1n) is 7.12. The summed E-state index contributed by atoms with van der Waals surface area (Å²) in [6.45, 7) is 9.78. The minimum absolute atomic E-state index is 0.737. The second-order valence-corrected chi connectivity index (χ2v) is 5.12. The smallest absolute Gasteiger partial charge is 0.119 e. The maximum atomic E-state index is 5.72. The van der Waals surface area contributed by atoms with Crippen LogP contribution in [0.2, 0.25) is 0 Å². The number of hydrogen-bond donors (Lipinski definition) is 1. The van der Waals surface area contributed by atoms with Crippen LogP contribution < -0.4 is 10.1 Å². The van der Waals surface area contributed by atoms with Gasteiger partial charge in [0.1, 0.15) is 5.75 Å². The van der Waals surface area contributed by atoms with Gasteiger partial charge in [0.15, 0.2) is 0 Å². The zero-order valence-corrected chi connectivity index (χ0v) is 12.0. The standard InChI is InChI=1S/C16H27NO/c1-4-17-13-15(14(2)3)9-8-12-18-16-10-6-5-7-11-16/h5-7,10-11,14-15,17H,4,8-9,12-13H2,1-3H3. The molecule has 0 radical (unpaired) electrons. The maximum absolute atomic E-state index is 5.72. The van der Waals surface area contributed by atoms with E-state index >= 15 is 0 Å². The molecule has 0 aliphatic carbocycles. The highest BCUT2D eigenvalue weighted by Crippen LogP contribution is 2.17. The van der Waals surface area contributed by atoms with Gasteiger partial charge in [-0.3, -0.25) is 0 Å². The van der Waals surface area contributed by atoms with Crippen LogP contribution in [0, 0.1) is 11.8 Å². The van der Waals surface area contributed by atoms with E-state index in [0.29, 0.717) is 0 Å². The highest BCUT2D eigenvalue weighted by atomic mass is 16.5. The van der Waals surface area contributed by atoms with E-state index in [2.05, 4.69) is 26.1 Å². The lowest BCUT2D eigenvalue weighted by Crippen LogP contribution is -2.26. The monoisotopic (exact) mass is 249 g/mol. The van der Waals surface area contributed by atoms with Crippen LogP contribution in [0.1, 0.15) is 33.6 Å². The maximum Gasteiger partial charge on any atom is 0.119 e. The third-order valence-corrected chi connectivity index (χ3v) is 3.33. The van der Waals surface area contributed by atoms with Crippen molar-refractivity contribution in [2.24, 2.45) is 11.8 Å². The van der Waals surface area contributed by atoms with Gasteiger partial charge in [-0.25, -0.2) is 0 Å². The molecule has 1 atom stereocenters. The quantitative estimate of drug-likeness (QED) is 0.673. The van der Waals surface area contributed by atoms with Crippen LogP contribution in [0.4, 0.5) is 0 Å². The molecule has 0 bridgehead atoms. The largest absolute Gasteiger partial charge is 0.494 e. The first-order valence-corrected chi connectivity index (χ1v) is 7.12. The van der Waals surface area contributed by atoms with Crippen molar-refractivity contribution in [3.8, 4) is 5.75 Å². The highest BCUT2D eigenvalue weighted by Gasteiger charge is 2.12. The van der Waals surface area contributed by atoms with Gasteiger partial charge in [-0.1, -0.05) is 39.0 Å². The van der Waals surface area contributed by atoms with Gasteiger partial charge in [-0.15, -0.1) is 0 Å². The zero-order valence-electron chi connectivity index (χ0n) is 12.0. The molecule has 0 aliphatic rings. The molecule has 0 aromatic heterocycles. The van der Waals surface area contributed by atoms with Gasteiger partial charge in [0.05, 0.1) is 6.61 Å². The summed E-state index contributed by atoms with van der Waals surface area (Å²) >= 11 is 0. The molecule has 0 saturated heterocycles. The van der Waals surface area contributed by atoms with Crippen LogP contribution in [0.15, 0.2) is 30.3 Å².